The lowest BCUT2D eigenvalue weighted by atomic mass is 10.3. The van der Waals surface area contributed by atoms with E-state index < -0.39 is 0 Å². The number of hydrogen-bond acceptors (Lipinski definition) is 4. The highest BCUT2D eigenvalue weighted by atomic mass is 15.4. The predicted molar refractivity (Wildman–Crippen MR) is 78.4 cm³/mol. The average Bonchev–Trinajstić information content (AvgIpc) is 3.09. The van der Waals surface area contributed by atoms with Crippen molar-refractivity contribution in [3.8, 4) is 0 Å². The zero-order valence-corrected chi connectivity index (χ0v) is 12.6. The molecular weight excluding hydrogens is 252 g/mol. The van der Waals surface area contributed by atoms with Gasteiger partial charge in [0, 0.05) is 18.4 Å². The molecule has 6 nitrogen and oxygen atoms in total. The topological polar surface area (TPSA) is 60.6 Å². The molecule has 0 unspecified atom stereocenters. The van der Waals surface area contributed by atoms with E-state index >= 15 is 0 Å². The minimum Gasteiger partial charge on any atom is -0.311 e. The third-order valence-corrected chi connectivity index (χ3v) is 3.32. The van der Waals surface area contributed by atoms with Gasteiger partial charge in [0.2, 0.25) is 0 Å². The van der Waals surface area contributed by atoms with E-state index in [0.29, 0.717) is 0 Å². The summed E-state index contributed by atoms with van der Waals surface area (Å²) in [5.74, 6) is 0. The highest BCUT2D eigenvalue weighted by Gasteiger charge is 2.06. The number of nitrogens with zero attached hydrogens (tertiary/aromatic N) is 5. The molecule has 0 saturated carbocycles. The van der Waals surface area contributed by atoms with Gasteiger partial charge < -0.3 is 5.32 Å². The zero-order valence-electron chi connectivity index (χ0n) is 12.6. The Kier molecular flexibility index (Phi) is 5.29. The predicted octanol–water partition coefficient (Wildman–Crippen LogP) is 1.41. The van der Waals surface area contributed by atoms with Crippen molar-refractivity contribution in [1.29, 1.82) is 0 Å². The van der Waals surface area contributed by atoms with Crippen LogP contribution in [0.15, 0.2) is 12.3 Å². The van der Waals surface area contributed by atoms with Crippen molar-refractivity contribution in [1.82, 2.24) is 30.1 Å². The standard InChI is InChI=1S/C14H24N6/c1-4-12-9-14(5-2)20(17-12)8-7-19-11-13(16-18-19)10-15-6-3/h9,11,15H,4-8,10H2,1-3H3. The van der Waals surface area contributed by atoms with Crippen LogP contribution in [0.2, 0.25) is 0 Å². The molecule has 2 aromatic rings. The molecular formula is C14H24N6. The summed E-state index contributed by atoms with van der Waals surface area (Å²) in [4.78, 5) is 0. The van der Waals surface area contributed by atoms with Crippen LogP contribution in [0, 0.1) is 0 Å². The first-order valence-electron chi connectivity index (χ1n) is 7.42. The van der Waals surface area contributed by atoms with Crippen molar-refractivity contribution in [2.24, 2.45) is 0 Å². The molecule has 0 amide bonds. The third-order valence-electron chi connectivity index (χ3n) is 3.32. The molecule has 2 rings (SSSR count). The Morgan fingerprint density at radius 2 is 1.95 bits per heavy atom. The normalized spacial score (nSPS) is 11.2. The highest BCUT2D eigenvalue weighted by Crippen LogP contribution is 2.06. The molecule has 6 heteroatoms. The van der Waals surface area contributed by atoms with Crippen molar-refractivity contribution in [3.63, 3.8) is 0 Å². The van der Waals surface area contributed by atoms with Gasteiger partial charge in [0.1, 0.15) is 0 Å². The highest BCUT2D eigenvalue weighted by molar-refractivity contribution is 5.10. The van der Waals surface area contributed by atoms with E-state index in [1.165, 1.54) is 5.69 Å². The van der Waals surface area contributed by atoms with Crippen LogP contribution < -0.4 is 5.32 Å². The first-order chi connectivity index (χ1) is 9.76. The minimum absolute atomic E-state index is 0.776. The van der Waals surface area contributed by atoms with Gasteiger partial charge in [-0.05, 0) is 25.5 Å². The Hall–Kier alpha value is -1.69. The van der Waals surface area contributed by atoms with E-state index in [1.54, 1.807) is 0 Å². The fourth-order valence-electron chi connectivity index (χ4n) is 2.14. The van der Waals surface area contributed by atoms with Crippen LogP contribution in [0.5, 0.6) is 0 Å². The van der Waals surface area contributed by atoms with Crippen LogP contribution >= 0.6 is 0 Å². The van der Waals surface area contributed by atoms with E-state index in [-0.39, 0.29) is 0 Å². The van der Waals surface area contributed by atoms with Crippen LogP contribution in [0.25, 0.3) is 0 Å². The second-order valence-corrected chi connectivity index (χ2v) is 4.81. The van der Waals surface area contributed by atoms with Crippen LogP contribution in [0.1, 0.15) is 37.9 Å². The zero-order chi connectivity index (χ0) is 14.4. The molecule has 0 spiro atoms. The fourth-order valence-corrected chi connectivity index (χ4v) is 2.14. The SMILES string of the molecule is CCNCc1cn(CCn2nc(CC)cc2CC)nn1. The fraction of sp³-hybridized carbons (Fsp3) is 0.643. The van der Waals surface area contributed by atoms with Crippen LogP contribution in [0.3, 0.4) is 0 Å². The summed E-state index contributed by atoms with van der Waals surface area (Å²) in [6.45, 7) is 9.75. The van der Waals surface area contributed by atoms with E-state index in [1.807, 2.05) is 10.9 Å². The van der Waals surface area contributed by atoms with Crippen molar-refractivity contribution in [3.05, 3.63) is 29.3 Å². The molecule has 0 aromatic carbocycles. The number of nitrogens with one attached hydrogen (secondary N) is 1. The molecule has 0 aliphatic carbocycles. The lowest BCUT2D eigenvalue weighted by Gasteiger charge is -2.05. The number of rotatable bonds is 8. The summed E-state index contributed by atoms with van der Waals surface area (Å²) >= 11 is 0. The molecule has 2 heterocycles. The Labute approximate surface area is 120 Å². The molecule has 2 aromatic heterocycles. The van der Waals surface area contributed by atoms with Gasteiger partial charge in [-0.2, -0.15) is 5.10 Å². The van der Waals surface area contributed by atoms with Crippen molar-refractivity contribution < 1.29 is 0 Å². The first kappa shape index (κ1) is 14.7. The average molecular weight is 276 g/mol. The second-order valence-electron chi connectivity index (χ2n) is 4.81. The first-order valence-corrected chi connectivity index (χ1v) is 7.42. The lowest BCUT2D eigenvalue weighted by Crippen LogP contribution is -2.12. The van der Waals surface area contributed by atoms with Gasteiger partial charge >= 0.3 is 0 Å². The summed E-state index contributed by atoms with van der Waals surface area (Å²) in [6, 6.07) is 2.19. The Morgan fingerprint density at radius 1 is 1.10 bits per heavy atom. The lowest BCUT2D eigenvalue weighted by molar-refractivity contribution is 0.477. The molecule has 20 heavy (non-hydrogen) atoms. The maximum Gasteiger partial charge on any atom is 0.0964 e. The van der Waals surface area contributed by atoms with Crippen molar-refractivity contribution in [2.45, 2.75) is 53.2 Å². The summed E-state index contributed by atoms with van der Waals surface area (Å²) in [7, 11) is 0. The molecule has 0 aliphatic heterocycles. The van der Waals surface area contributed by atoms with E-state index in [9.17, 15) is 0 Å². The largest absolute Gasteiger partial charge is 0.311 e. The molecule has 0 saturated heterocycles. The molecule has 1 N–H and O–H groups in total. The summed E-state index contributed by atoms with van der Waals surface area (Å²) < 4.78 is 3.98. The van der Waals surface area contributed by atoms with Gasteiger partial charge in [-0.1, -0.05) is 26.0 Å². The smallest absolute Gasteiger partial charge is 0.0964 e. The van der Waals surface area contributed by atoms with Crippen molar-refractivity contribution in [2.75, 3.05) is 6.54 Å². The van der Waals surface area contributed by atoms with Gasteiger partial charge in [0.15, 0.2) is 0 Å². The summed E-state index contributed by atoms with van der Waals surface area (Å²) in [5.41, 5.74) is 3.43. The Balaban J connectivity index is 1.94. The summed E-state index contributed by atoms with van der Waals surface area (Å²) in [5, 5.41) is 16.2. The Morgan fingerprint density at radius 3 is 2.65 bits per heavy atom. The summed E-state index contributed by atoms with van der Waals surface area (Å²) in [6.07, 6.45) is 3.99. The monoisotopic (exact) mass is 276 g/mol. The van der Waals surface area contributed by atoms with Gasteiger partial charge in [0.25, 0.3) is 0 Å². The van der Waals surface area contributed by atoms with Crippen LogP contribution in [0.4, 0.5) is 0 Å². The third kappa shape index (κ3) is 3.66. The number of hydrogen-bond donors (Lipinski definition) is 1. The quantitative estimate of drug-likeness (QED) is 0.792. The maximum atomic E-state index is 4.61. The van der Waals surface area contributed by atoms with E-state index in [2.05, 4.69) is 52.2 Å². The molecule has 0 radical (unpaired) electrons. The Bertz CT molecular complexity index is 528. The van der Waals surface area contributed by atoms with Gasteiger partial charge in [-0.25, -0.2) is 0 Å². The van der Waals surface area contributed by atoms with E-state index in [4.69, 9.17) is 0 Å². The van der Waals surface area contributed by atoms with Crippen LogP contribution in [-0.4, -0.2) is 31.3 Å². The van der Waals surface area contributed by atoms with E-state index in [0.717, 1.165) is 50.4 Å². The van der Waals surface area contributed by atoms with Gasteiger partial charge in [0.05, 0.1) is 24.5 Å². The minimum atomic E-state index is 0.776. The van der Waals surface area contributed by atoms with Crippen LogP contribution in [-0.2, 0) is 32.5 Å². The number of aromatic nitrogens is 5. The van der Waals surface area contributed by atoms with Gasteiger partial charge in [-0.15, -0.1) is 5.10 Å². The molecule has 0 fully saturated rings. The molecule has 0 bridgehead atoms. The van der Waals surface area contributed by atoms with Gasteiger partial charge in [-0.3, -0.25) is 9.36 Å². The molecule has 0 aliphatic rings. The molecule has 110 valence electrons. The maximum absolute atomic E-state index is 4.61. The second kappa shape index (κ2) is 7.19. The van der Waals surface area contributed by atoms with Crippen molar-refractivity contribution >= 4 is 0 Å². The molecule has 0 atom stereocenters. The number of aryl methyl sites for hydroxylation is 4.